The zero-order valence-electron chi connectivity index (χ0n) is 13.0. The molecular formula is C15H27IN4O. The third-order valence-corrected chi connectivity index (χ3v) is 3.94. The first-order valence-electron chi connectivity index (χ1n) is 7.75. The van der Waals surface area contributed by atoms with E-state index in [-0.39, 0.29) is 24.0 Å². The number of nitrogens with zero attached hydrogens (tertiary/aromatic N) is 2. The fraction of sp³-hybridized carbons (Fsp3) is 0.733. The highest BCUT2D eigenvalue weighted by Crippen LogP contribution is 2.26. The first-order chi connectivity index (χ1) is 9.81. The number of hydrogen-bond donors (Lipinski definition) is 2. The lowest BCUT2D eigenvalue weighted by molar-refractivity contribution is 0.298. The smallest absolute Gasteiger partial charge is 0.191 e. The summed E-state index contributed by atoms with van der Waals surface area (Å²) < 4.78 is 4.83. The normalized spacial score (nSPS) is 22.5. The van der Waals surface area contributed by atoms with Crippen LogP contribution in [0.15, 0.2) is 21.8 Å². The number of nitrogens with one attached hydrogen (secondary N) is 2. The van der Waals surface area contributed by atoms with Gasteiger partial charge >= 0.3 is 0 Å². The van der Waals surface area contributed by atoms with Crippen LogP contribution in [0, 0.1) is 5.92 Å². The SMILES string of the molecule is CCNC(=NCc1ccon1)NC1CCCC(CC)C1.I. The Morgan fingerprint density at radius 3 is 2.95 bits per heavy atom. The van der Waals surface area contributed by atoms with Crippen LogP contribution in [-0.4, -0.2) is 23.7 Å². The standard InChI is InChI=1S/C15H26N4O.HI/c1-3-12-6-5-7-13(10-12)18-15(16-4-2)17-11-14-8-9-20-19-14;/h8-9,12-13H,3-7,10-11H2,1-2H3,(H2,16,17,18);1H. The van der Waals surface area contributed by atoms with E-state index in [2.05, 4.69) is 34.6 Å². The molecule has 6 heteroatoms. The van der Waals surface area contributed by atoms with Crippen LogP contribution in [0.1, 0.15) is 51.6 Å². The monoisotopic (exact) mass is 406 g/mol. The van der Waals surface area contributed by atoms with E-state index in [0.717, 1.165) is 24.1 Å². The Balaban J connectivity index is 0.00000220. The van der Waals surface area contributed by atoms with E-state index in [1.54, 1.807) is 6.26 Å². The van der Waals surface area contributed by atoms with Crippen molar-refractivity contribution in [3.8, 4) is 0 Å². The van der Waals surface area contributed by atoms with E-state index in [9.17, 15) is 0 Å². The molecule has 120 valence electrons. The van der Waals surface area contributed by atoms with E-state index in [4.69, 9.17) is 4.52 Å². The van der Waals surface area contributed by atoms with Crippen molar-refractivity contribution in [3.63, 3.8) is 0 Å². The molecule has 2 unspecified atom stereocenters. The van der Waals surface area contributed by atoms with Crippen molar-refractivity contribution in [3.05, 3.63) is 18.0 Å². The minimum absolute atomic E-state index is 0. The molecule has 0 aliphatic heterocycles. The molecule has 1 aliphatic carbocycles. The highest BCUT2D eigenvalue weighted by atomic mass is 127. The highest BCUT2D eigenvalue weighted by molar-refractivity contribution is 14.0. The van der Waals surface area contributed by atoms with Gasteiger partial charge in [-0.3, -0.25) is 0 Å². The Labute approximate surface area is 144 Å². The van der Waals surface area contributed by atoms with Crippen molar-refractivity contribution in [1.29, 1.82) is 0 Å². The van der Waals surface area contributed by atoms with Gasteiger partial charge in [0.15, 0.2) is 5.96 Å². The maximum Gasteiger partial charge on any atom is 0.191 e. The molecule has 1 aliphatic rings. The van der Waals surface area contributed by atoms with Gasteiger partial charge in [0, 0.05) is 18.7 Å². The molecule has 1 saturated carbocycles. The van der Waals surface area contributed by atoms with Crippen molar-refractivity contribution in [2.24, 2.45) is 10.9 Å². The average molecular weight is 406 g/mol. The van der Waals surface area contributed by atoms with Gasteiger partial charge in [-0.25, -0.2) is 4.99 Å². The van der Waals surface area contributed by atoms with E-state index >= 15 is 0 Å². The number of aliphatic imine (C=N–C) groups is 1. The van der Waals surface area contributed by atoms with E-state index in [1.165, 1.54) is 32.1 Å². The van der Waals surface area contributed by atoms with Gasteiger partial charge in [0.25, 0.3) is 0 Å². The Morgan fingerprint density at radius 1 is 1.43 bits per heavy atom. The maximum absolute atomic E-state index is 4.83. The first kappa shape index (κ1) is 18.3. The molecule has 1 heterocycles. The summed E-state index contributed by atoms with van der Waals surface area (Å²) in [6.45, 7) is 5.80. The summed E-state index contributed by atoms with van der Waals surface area (Å²) >= 11 is 0. The van der Waals surface area contributed by atoms with Crippen LogP contribution in [-0.2, 0) is 6.54 Å². The molecule has 0 amide bonds. The van der Waals surface area contributed by atoms with Gasteiger partial charge in [-0.05, 0) is 25.7 Å². The van der Waals surface area contributed by atoms with E-state index < -0.39 is 0 Å². The molecule has 0 saturated heterocycles. The molecular weight excluding hydrogens is 379 g/mol. The van der Waals surface area contributed by atoms with Crippen LogP contribution in [0.3, 0.4) is 0 Å². The molecule has 0 aromatic carbocycles. The molecule has 21 heavy (non-hydrogen) atoms. The van der Waals surface area contributed by atoms with Gasteiger partial charge < -0.3 is 15.2 Å². The topological polar surface area (TPSA) is 62.5 Å². The molecule has 1 aromatic heterocycles. The third kappa shape index (κ3) is 6.23. The van der Waals surface area contributed by atoms with Gasteiger partial charge in [0.2, 0.25) is 0 Å². The minimum Gasteiger partial charge on any atom is -0.364 e. The Hall–Kier alpha value is -0.790. The molecule has 0 bridgehead atoms. The van der Waals surface area contributed by atoms with Crippen molar-refractivity contribution < 1.29 is 4.52 Å². The van der Waals surface area contributed by atoms with Crippen LogP contribution in [0.2, 0.25) is 0 Å². The Bertz CT molecular complexity index is 408. The van der Waals surface area contributed by atoms with Crippen molar-refractivity contribution >= 4 is 29.9 Å². The number of rotatable bonds is 5. The predicted molar refractivity (Wildman–Crippen MR) is 95.9 cm³/mol. The van der Waals surface area contributed by atoms with Gasteiger partial charge in [0.05, 0.1) is 6.54 Å². The molecule has 2 rings (SSSR count). The largest absolute Gasteiger partial charge is 0.364 e. The van der Waals surface area contributed by atoms with E-state index in [1.807, 2.05) is 6.07 Å². The summed E-state index contributed by atoms with van der Waals surface area (Å²) in [5.41, 5.74) is 0.859. The zero-order valence-corrected chi connectivity index (χ0v) is 15.3. The van der Waals surface area contributed by atoms with Gasteiger partial charge in [-0.15, -0.1) is 24.0 Å². The van der Waals surface area contributed by atoms with Crippen LogP contribution in [0.25, 0.3) is 0 Å². The lowest BCUT2D eigenvalue weighted by Crippen LogP contribution is -2.45. The Morgan fingerprint density at radius 2 is 2.29 bits per heavy atom. The number of hydrogen-bond acceptors (Lipinski definition) is 3. The fourth-order valence-electron chi connectivity index (χ4n) is 2.79. The Kier molecular flexibility index (Phi) is 8.72. The van der Waals surface area contributed by atoms with Crippen LogP contribution in [0.4, 0.5) is 0 Å². The summed E-state index contributed by atoms with van der Waals surface area (Å²) in [7, 11) is 0. The average Bonchev–Trinajstić information content (AvgIpc) is 2.98. The second-order valence-corrected chi connectivity index (χ2v) is 5.47. The van der Waals surface area contributed by atoms with Crippen LogP contribution in [0.5, 0.6) is 0 Å². The predicted octanol–water partition coefficient (Wildman–Crippen LogP) is 3.32. The number of halogens is 1. The van der Waals surface area contributed by atoms with Crippen LogP contribution < -0.4 is 10.6 Å². The number of guanidine groups is 1. The molecule has 1 aromatic rings. The van der Waals surface area contributed by atoms with Crippen LogP contribution >= 0.6 is 24.0 Å². The second-order valence-electron chi connectivity index (χ2n) is 5.47. The zero-order chi connectivity index (χ0) is 14.2. The van der Waals surface area contributed by atoms with Gasteiger partial charge in [-0.2, -0.15) is 0 Å². The minimum atomic E-state index is 0. The first-order valence-corrected chi connectivity index (χ1v) is 7.75. The second kappa shape index (κ2) is 10.0. The number of aromatic nitrogens is 1. The lowest BCUT2D eigenvalue weighted by atomic mass is 9.84. The molecule has 0 spiro atoms. The van der Waals surface area contributed by atoms with Crippen molar-refractivity contribution in [2.75, 3.05) is 6.54 Å². The summed E-state index contributed by atoms with van der Waals surface area (Å²) in [6.07, 6.45) is 8.05. The molecule has 5 nitrogen and oxygen atoms in total. The third-order valence-electron chi connectivity index (χ3n) is 3.94. The van der Waals surface area contributed by atoms with Crippen molar-refractivity contribution in [1.82, 2.24) is 15.8 Å². The molecule has 0 radical (unpaired) electrons. The quantitative estimate of drug-likeness (QED) is 0.448. The highest BCUT2D eigenvalue weighted by Gasteiger charge is 2.21. The summed E-state index contributed by atoms with van der Waals surface area (Å²) in [5, 5.41) is 10.8. The molecule has 2 N–H and O–H groups in total. The lowest BCUT2D eigenvalue weighted by Gasteiger charge is -2.30. The van der Waals surface area contributed by atoms with Crippen molar-refractivity contribution in [2.45, 2.75) is 58.5 Å². The van der Waals surface area contributed by atoms with Gasteiger partial charge in [-0.1, -0.05) is 31.3 Å². The molecule has 1 fully saturated rings. The summed E-state index contributed by atoms with van der Waals surface area (Å²) in [5.74, 6) is 1.75. The molecule has 2 atom stereocenters. The van der Waals surface area contributed by atoms with Gasteiger partial charge in [0.1, 0.15) is 12.0 Å². The summed E-state index contributed by atoms with van der Waals surface area (Å²) in [4.78, 5) is 4.57. The summed E-state index contributed by atoms with van der Waals surface area (Å²) in [6, 6.07) is 2.39. The van der Waals surface area contributed by atoms with E-state index in [0.29, 0.717) is 12.6 Å². The maximum atomic E-state index is 4.83. The fourth-order valence-corrected chi connectivity index (χ4v) is 2.79.